The molecule has 24 heavy (non-hydrogen) atoms. The van der Waals surface area contributed by atoms with Crippen molar-refractivity contribution in [2.75, 3.05) is 6.54 Å². The molecular formula is C20H22N4. The fourth-order valence-electron chi connectivity index (χ4n) is 3.40. The van der Waals surface area contributed by atoms with Crippen LogP contribution < -0.4 is 5.32 Å². The number of pyridine rings is 1. The first-order valence-corrected chi connectivity index (χ1v) is 8.66. The van der Waals surface area contributed by atoms with Crippen molar-refractivity contribution in [3.8, 4) is 5.69 Å². The molecule has 0 saturated carbocycles. The van der Waals surface area contributed by atoms with Crippen LogP contribution in [0.5, 0.6) is 0 Å². The summed E-state index contributed by atoms with van der Waals surface area (Å²) >= 11 is 0. The smallest absolute Gasteiger partial charge is 0.0676 e. The van der Waals surface area contributed by atoms with Crippen LogP contribution in [-0.2, 0) is 12.8 Å². The third kappa shape index (κ3) is 3.24. The molecule has 4 rings (SSSR count). The van der Waals surface area contributed by atoms with Crippen molar-refractivity contribution < 1.29 is 0 Å². The SMILES string of the molecule is c1ccc(-n2cc3c(n2)CCCC3NCCc2cccnc2)cc1. The third-order valence-corrected chi connectivity index (χ3v) is 4.65. The molecule has 1 unspecified atom stereocenters. The summed E-state index contributed by atoms with van der Waals surface area (Å²) in [5.74, 6) is 0. The van der Waals surface area contributed by atoms with E-state index in [-0.39, 0.29) is 0 Å². The van der Waals surface area contributed by atoms with Crippen molar-refractivity contribution in [1.29, 1.82) is 0 Å². The lowest BCUT2D eigenvalue weighted by Gasteiger charge is -2.22. The number of aryl methyl sites for hydroxylation is 1. The van der Waals surface area contributed by atoms with Gasteiger partial charge in [-0.3, -0.25) is 4.98 Å². The van der Waals surface area contributed by atoms with Crippen molar-refractivity contribution in [2.45, 2.75) is 31.7 Å². The number of hydrogen-bond donors (Lipinski definition) is 1. The van der Waals surface area contributed by atoms with Crippen molar-refractivity contribution >= 4 is 0 Å². The lowest BCUT2D eigenvalue weighted by molar-refractivity contribution is 0.461. The highest BCUT2D eigenvalue weighted by molar-refractivity contribution is 5.34. The van der Waals surface area contributed by atoms with Crippen LogP contribution in [0.1, 0.15) is 35.7 Å². The lowest BCUT2D eigenvalue weighted by atomic mass is 9.93. The Morgan fingerprint density at radius 2 is 2.04 bits per heavy atom. The minimum Gasteiger partial charge on any atom is -0.309 e. The Kier molecular flexibility index (Phi) is 4.38. The van der Waals surface area contributed by atoms with Gasteiger partial charge < -0.3 is 5.32 Å². The molecule has 0 amide bonds. The molecule has 1 atom stereocenters. The van der Waals surface area contributed by atoms with Crippen LogP contribution in [0.25, 0.3) is 5.69 Å². The van der Waals surface area contributed by atoms with E-state index >= 15 is 0 Å². The van der Waals surface area contributed by atoms with Gasteiger partial charge in [0.25, 0.3) is 0 Å². The van der Waals surface area contributed by atoms with Gasteiger partial charge in [0.1, 0.15) is 0 Å². The van der Waals surface area contributed by atoms with Crippen molar-refractivity contribution in [2.24, 2.45) is 0 Å². The largest absolute Gasteiger partial charge is 0.309 e. The van der Waals surface area contributed by atoms with E-state index in [4.69, 9.17) is 5.10 Å². The number of benzene rings is 1. The van der Waals surface area contributed by atoms with Crippen LogP contribution in [-0.4, -0.2) is 21.3 Å². The molecule has 0 fully saturated rings. The van der Waals surface area contributed by atoms with Crippen LogP contribution in [0.4, 0.5) is 0 Å². The zero-order valence-electron chi connectivity index (χ0n) is 13.7. The first kappa shape index (κ1) is 15.1. The average Bonchev–Trinajstić information content (AvgIpc) is 3.09. The van der Waals surface area contributed by atoms with Gasteiger partial charge in [-0.2, -0.15) is 5.10 Å². The molecule has 4 nitrogen and oxygen atoms in total. The highest BCUT2D eigenvalue weighted by atomic mass is 15.3. The molecule has 0 aliphatic heterocycles. The van der Waals surface area contributed by atoms with Crippen LogP contribution in [0.2, 0.25) is 0 Å². The molecule has 1 aliphatic carbocycles. The number of aromatic nitrogens is 3. The predicted molar refractivity (Wildman–Crippen MR) is 95.2 cm³/mol. The van der Waals surface area contributed by atoms with Crippen LogP contribution in [0.3, 0.4) is 0 Å². The maximum Gasteiger partial charge on any atom is 0.0676 e. The number of fused-ring (bicyclic) bond motifs is 1. The molecular weight excluding hydrogens is 296 g/mol. The lowest BCUT2D eigenvalue weighted by Crippen LogP contribution is -2.26. The van der Waals surface area contributed by atoms with Crippen molar-refractivity contribution in [3.63, 3.8) is 0 Å². The number of hydrogen-bond acceptors (Lipinski definition) is 3. The summed E-state index contributed by atoms with van der Waals surface area (Å²) < 4.78 is 2.02. The predicted octanol–water partition coefficient (Wildman–Crippen LogP) is 3.48. The molecule has 0 saturated heterocycles. The van der Waals surface area contributed by atoms with Gasteiger partial charge in [-0.05, 0) is 56.0 Å². The monoisotopic (exact) mass is 318 g/mol. The topological polar surface area (TPSA) is 42.7 Å². The van der Waals surface area contributed by atoms with E-state index in [0.29, 0.717) is 6.04 Å². The van der Waals surface area contributed by atoms with E-state index in [1.165, 1.54) is 29.7 Å². The third-order valence-electron chi connectivity index (χ3n) is 4.65. The Bertz CT molecular complexity index is 780. The first-order chi connectivity index (χ1) is 11.9. The Balaban J connectivity index is 1.46. The molecule has 1 N–H and O–H groups in total. The molecule has 122 valence electrons. The molecule has 2 heterocycles. The molecule has 2 aromatic heterocycles. The number of nitrogens with zero attached hydrogens (tertiary/aromatic N) is 3. The normalized spacial score (nSPS) is 16.8. The molecule has 0 bridgehead atoms. The van der Waals surface area contributed by atoms with Crippen LogP contribution in [0, 0.1) is 0 Å². The zero-order chi connectivity index (χ0) is 16.2. The van der Waals surface area contributed by atoms with Crippen molar-refractivity contribution in [3.05, 3.63) is 77.9 Å². The van der Waals surface area contributed by atoms with E-state index in [1.807, 2.05) is 29.2 Å². The Hall–Kier alpha value is -2.46. The van der Waals surface area contributed by atoms with E-state index in [0.717, 1.165) is 25.1 Å². The summed E-state index contributed by atoms with van der Waals surface area (Å²) in [5, 5.41) is 8.51. The van der Waals surface area contributed by atoms with Gasteiger partial charge in [-0.25, -0.2) is 4.68 Å². The summed E-state index contributed by atoms with van der Waals surface area (Å²) in [7, 11) is 0. The highest BCUT2D eigenvalue weighted by Gasteiger charge is 2.23. The van der Waals surface area contributed by atoms with Gasteiger partial charge in [0.2, 0.25) is 0 Å². The van der Waals surface area contributed by atoms with E-state index in [1.54, 1.807) is 0 Å². The fourth-order valence-corrected chi connectivity index (χ4v) is 3.40. The Labute approximate surface area is 142 Å². The van der Waals surface area contributed by atoms with Gasteiger partial charge in [0, 0.05) is 30.2 Å². The van der Waals surface area contributed by atoms with E-state index in [2.05, 4.69) is 46.8 Å². The second kappa shape index (κ2) is 6.97. The summed E-state index contributed by atoms with van der Waals surface area (Å²) in [6, 6.07) is 14.9. The number of nitrogens with one attached hydrogen (secondary N) is 1. The van der Waals surface area contributed by atoms with Crippen molar-refractivity contribution in [1.82, 2.24) is 20.1 Å². The highest BCUT2D eigenvalue weighted by Crippen LogP contribution is 2.29. The molecule has 3 aromatic rings. The maximum atomic E-state index is 4.80. The average molecular weight is 318 g/mol. The van der Waals surface area contributed by atoms with Crippen LogP contribution >= 0.6 is 0 Å². The van der Waals surface area contributed by atoms with Gasteiger partial charge in [0.15, 0.2) is 0 Å². The standard InChI is InChI=1S/C20H22N4/c1-2-7-17(8-3-1)24-15-18-19(9-4-10-20(18)23-24)22-13-11-16-6-5-12-21-14-16/h1-3,5-8,12,14-15,19,22H,4,9-11,13H2. The minimum atomic E-state index is 0.405. The maximum absolute atomic E-state index is 4.80. The molecule has 1 aliphatic rings. The van der Waals surface area contributed by atoms with E-state index < -0.39 is 0 Å². The molecule has 4 heteroatoms. The summed E-state index contributed by atoms with van der Waals surface area (Å²) in [5.41, 5.74) is 5.00. The fraction of sp³-hybridized carbons (Fsp3) is 0.300. The summed E-state index contributed by atoms with van der Waals surface area (Å²) in [6.45, 7) is 0.965. The van der Waals surface area contributed by atoms with Gasteiger partial charge in [0.05, 0.1) is 11.4 Å². The van der Waals surface area contributed by atoms with Gasteiger partial charge in [-0.15, -0.1) is 0 Å². The van der Waals surface area contributed by atoms with E-state index in [9.17, 15) is 0 Å². The van der Waals surface area contributed by atoms with Gasteiger partial charge in [-0.1, -0.05) is 24.3 Å². The quantitative estimate of drug-likeness (QED) is 0.783. The number of para-hydroxylation sites is 1. The summed E-state index contributed by atoms with van der Waals surface area (Å²) in [6.07, 6.45) is 10.4. The molecule has 0 radical (unpaired) electrons. The second-order valence-corrected chi connectivity index (χ2v) is 6.32. The van der Waals surface area contributed by atoms with Crippen LogP contribution in [0.15, 0.2) is 61.1 Å². The Morgan fingerprint density at radius 1 is 1.12 bits per heavy atom. The zero-order valence-corrected chi connectivity index (χ0v) is 13.7. The summed E-state index contributed by atoms with van der Waals surface area (Å²) in [4.78, 5) is 4.18. The minimum absolute atomic E-state index is 0.405. The molecule has 1 aromatic carbocycles. The molecule has 0 spiro atoms. The first-order valence-electron chi connectivity index (χ1n) is 8.66. The second-order valence-electron chi connectivity index (χ2n) is 6.32. The Morgan fingerprint density at radius 3 is 2.88 bits per heavy atom. The number of rotatable bonds is 5. The van der Waals surface area contributed by atoms with Gasteiger partial charge >= 0.3 is 0 Å².